The quantitative estimate of drug-likeness (QED) is 0.490. The number of para-hydroxylation sites is 1. The van der Waals surface area contributed by atoms with Gasteiger partial charge in [-0.15, -0.1) is 0 Å². The highest BCUT2D eigenvalue weighted by molar-refractivity contribution is 5.95. The van der Waals surface area contributed by atoms with Crippen molar-refractivity contribution in [1.82, 2.24) is 19.7 Å². The van der Waals surface area contributed by atoms with Crippen LogP contribution in [0.1, 0.15) is 41.4 Å². The summed E-state index contributed by atoms with van der Waals surface area (Å²) in [6.07, 6.45) is -2.40. The molecule has 3 rings (SSSR count). The molecule has 0 spiro atoms. The molecule has 0 atom stereocenters. The number of pyridine rings is 1. The van der Waals surface area contributed by atoms with E-state index in [1.807, 2.05) is 13.8 Å². The van der Waals surface area contributed by atoms with Crippen molar-refractivity contribution in [2.45, 2.75) is 25.9 Å². The van der Waals surface area contributed by atoms with Crippen LogP contribution in [0.15, 0.2) is 48.8 Å². The maximum absolute atomic E-state index is 13.6. The lowest BCUT2D eigenvalue weighted by atomic mass is 10.0. The maximum atomic E-state index is 13.6. The number of hydrogen-bond donors (Lipinski definition) is 0. The molecule has 32 heavy (non-hydrogen) atoms. The molecule has 0 saturated heterocycles. The predicted octanol–water partition coefficient (Wildman–Crippen LogP) is 4.70. The number of rotatable bonds is 7. The third kappa shape index (κ3) is 5.06. The zero-order chi connectivity index (χ0) is 23.5. The van der Waals surface area contributed by atoms with Gasteiger partial charge in [-0.2, -0.15) is 18.3 Å². The first-order valence-corrected chi connectivity index (χ1v) is 9.84. The number of nitrogens with zero attached hydrogens (tertiary/aromatic N) is 4. The van der Waals surface area contributed by atoms with E-state index in [0.717, 1.165) is 12.3 Å². The first-order chi connectivity index (χ1) is 15.1. The zero-order valence-electron chi connectivity index (χ0n) is 17.7. The summed E-state index contributed by atoms with van der Waals surface area (Å²) in [6, 6.07) is 8.10. The summed E-state index contributed by atoms with van der Waals surface area (Å²) in [5, 5.41) is 4.19. The first-order valence-electron chi connectivity index (χ1n) is 9.84. The molecule has 6 nitrogen and oxygen atoms in total. The Hall–Kier alpha value is -3.43. The van der Waals surface area contributed by atoms with Crippen molar-refractivity contribution >= 4 is 5.91 Å². The molecular formula is C22H22F4N4O2. The molecule has 0 fully saturated rings. The average molecular weight is 450 g/mol. The Morgan fingerprint density at radius 1 is 1.16 bits per heavy atom. The summed E-state index contributed by atoms with van der Waals surface area (Å²) in [4.78, 5) is 18.3. The standard InChI is InChI=1S/C22H22F4N4O2/c1-14(2)20-16(13-28-30(20)19-9-8-15(12-27-19)22(24,25)26)21(31)29(3)10-11-32-18-7-5-4-6-17(18)23/h4-9,12-14H,10-11H2,1-3H3. The van der Waals surface area contributed by atoms with Crippen LogP contribution in [-0.2, 0) is 6.18 Å². The van der Waals surface area contributed by atoms with Gasteiger partial charge in [0.1, 0.15) is 6.61 Å². The van der Waals surface area contributed by atoms with Gasteiger partial charge in [-0.3, -0.25) is 4.79 Å². The van der Waals surface area contributed by atoms with Gasteiger partial charge in [0.15, 0.2) is 17.4 Å². The lowest BCUT2D eigenvalue weighted by Crippen LogP contribution is -2.31. The number of alkyl halides is 3. The van der Waals surface area contributed by atoms with E-state index in [9.17, 15) is 22.4 Å². The zero-order valence-corrected chi connectivity index (χ0v) is 17.7. The van der Waals surface area contributed by atoms with Gasteiger partial charge in [-0.25, -0.2) is 14.1 Å². The number of benzene rings is 1. The summed E-state index contributed by atoms with van der Waals surface area (Å²) < 4.78 is 58.9. The fraction of sp³-hybridized carbons (Fsp3) is 0.318. The molecule has 0 aliphatic rings. The Balaban J connectivity index is 1.76. The van der Waals surface area contributed by atoms with Crippen molar-refractivity contribution in [1.29, 1.82) is 0 Å². The van der Waals surface area contributed by atoms with Gasteiger partial charge in [0.25, 0.3) is 5.91 Å². The lowest BCUT2D eigenvalue weighted by Gasteiger charge is -2.19. The number of aromatic nitrogens is 3. The molecular weight excluding hydrogens is 428 g/mol. The molecule has 2 aromatic heterocycles. The Morgan fingerprint density at radius 3 is 2.47 bits per heavy atom. The minimum absolute atomic E-state index is 0.0782. The van der Waals surface area contributed by atoms with Crippen LogP contribution in [0.5, 0.6) is 5.75 Å². The lowest BCUT2D eigenvalue weighted by molar-refractivity contribution is -0.137. The van der Waals surface area contributed by atoms with Crippen LogP contribution in [0.4, 0.5) is 17.6 Å². The Kier molecular flexibility index (Phi) is 6.81. The van der Waals surface area contributed by atoms with E-state index in [-0.39, 0.29) is 36.5 Å². The molecule has 0 aliphatic carbocycles. The van der Waals surface area contributed by atoms with Crippen LogP contribution in [0.2, 0.25) is 0 Å². The van der Waals surface area contributed by atoms with E-state index < -0.39 is 17.6 Å². The number of halogens is 4. The van der Waals surface area contributed by atoms with Crippen LogP contribution >= 0.6 is 0 Å². The fourth-order valence-electron chi connectivity index (χ4n) is 3.10. The van der Waals surface area contributed by atoms with E-state index in [0.29, 0.717) is 11.3 Å². The Morgan fingerprint density at radius 2 is 1.88 bits per heavy atom. The Bertz CT molecular complexity index is 1080. The highest BCUT2D eigenvalue weighted by atomic mass is 19.4. The summed E-state index contributed by atoms with van der Waals surface area (Å²) >= 11 is 0. The van der Waals surface area contributed by atoms with E-state index in [1.54, 1.807) is 19.2 Å². The number of likely N-dealkylation sites (N-methyl/N-ethyl adjacent to an activating group) is 1. The van der Waals surface area contributed by atoms with Gasteiger partial charge in [0.05, 0.1) is 29.6 Å². The highest BCUT2D eigenvalue weighted by Gasteiger charge is 2.31. The second kappa shape index (κ2) is 9.37. The number of ether oxygens (including phenoxy) is 1. The second-order valence-corrected chi connectivity index (χ2v) is 7.42. The third-order valence-electron chi connectivity index (χ3n) is 4.74. The van der Waals surface area contributed by atoms with Crippen LogP contribution in [0.25, 0.3) is 5.82 Å². The van der Waals surface area contributed by atoms with Gasteiger partial charge in [-0.1, -0.05) is 26.0 Å². The van der Waals surface area contributed by atoms with E-state index in [4.69, 9.17) is 4.74 Å². The summed E-state index contributed by atoms with van der Waals surface area (Å²) in [7, 11) is 1.57. The van der Waals surface area contributed by atoms with Crippen molar-refractivity contribution in [2.75, 3.05) is 20.2 Å². The number of carbonyl (C=O) groups is 1. The van der Waals surface area contributed by atoms with Crippen molar-refractivity contribution in [3.63, 3.8) is 0 Å². The minimum Gasteiger partial charge on any atom is -0.489 e. The highest BCUT2D eigenvalue weighted by Crippen LogP contribution is 2.29. The van der Waals surface area contributed by atoms with Crippen molar-refractivity contribution in [3.05, 3.63) is 71.4 Å². The van der Waals surface area contributed by atoms with Crippen LogP contribution < -0.4 is 4.74 Å². The average Bonchev–Trinajstić information content (AvgIpc) is 3.19. The van der Waals surface area contributed by atoms with Crippen molar-refractivity contribution in [3.8, 4) is 11.6 Å². The third-order valence-corrected chi connectivity index (χ3v) is 4.74. The smallest absolute Gasteiger partial charge is 0.417 e. The SMILES string of the molecule is CC(C)c1c(C(=O)N(C)CCOc2ccccc2F)cnn1-c1ccc(C(F)(F)F)cn1. The fourth-order valence-corrected chi connectivity index (χ4v) is 3.10. The van der Waals surface area contributed by atoms with Gasteiger partial charge in [0.2, 0.25) is 0 Å². The summed E-state index contributed by atoms with van der Waals surface area (Å²) in [6.45, 7) is 3.95. The number of carbonyl (C=O) groups excluding carboxylic acids is 1. The summed E-state index contributed by atoms with van der Waals surface area (Å²) in [5.74, 6) is -0.731. The number of hydrogen-bond acceptors (Lipinski definition) is 4. The van der Waals surface area contributed by atoms with Crippen molar-refractivity contribution < 1.29 is 27.1 Å². The topological polar surface area (TPSA) is 60.3 Å². The predicted molar refractivity (Wildman–Crippen MR) is 109 cm³/mol. The van der Waals surface area contributed by atoms with E-state index in [1.165, 1.54) is 34.0 Å². The molecule has 1 amide bonds. The monoisotopic (exact) mass is 450 g/mol. The molecule has 2 heterocycles. The molecule has 0 radical (unpaired) electrons. The maximum Gasteiger partial charge on any atom is 0.417 e. The number of amides is 1. The minimum atomic E-state index is -4.49. The van der Waals surface area contributed by atoms with Crippen LogP contribution in [0, 0.1) is 5.82 Å². The molecule has 0 aliphatic heterocycles. The van der Waals surface area contributed by atoms with Crippen LogP contribution in [-0.4, -0.2) is 45.8 Å². The molecule has 3 aromatic rings. The van der Waals surface area contributed by atoms with Gasteiger partial charge < -0.3 is 9.64 Å². The first kappa shape index (κ1) is 23.2. The molecule has 10 heteroatoms. The van der Waals surface area contributed by atoms with Gasteiger partial charge in [-0.05, 0) is 30.2 Å². The van der Waals surface area contributed by atoms with Gasteiger partial charge >= 0.3 is 6.18 Å². The van der Waals surface area contributed by atoms with Crippen molar-refractivity contribution in [2.24, 2.45) is 0 Å². The van der Waals surface area contributed by atoms with E-state index >= 15 is 0 Å². The van der Waals surface area contributed by atoms with Crippen LogP contribution in [0.3, 0.4) is 0 Å². The molecule has 170 valence electrons. The Labute approximate surface area is 182 Å². The molecule has 0 unspecified atom stereocenters. The normalized spacial score (nSPS) is 11.6. The molecule has 0 N–H and O–H groups in total. The van der Waals surface area contributed by atoms with E-state index in [2.05, 4.69) is 10.1 Å². The largest absolute Gasteiger partial charge is 0.489 e. The molecule has 1 aromatic carbocycles. The van der Waals surface area contributed by atoms with Gasteiger partial charge in [0, 0.05) is 13.2 Å². The molecule has 0 bridgehead atoms. The summed E-state index contributed by atoms with van der Waals surface area (Å²) in [5.41, 5.74) is -0.0513. The second-order valence-electron chi connectivity index (χ2n) is 7.42. The molecule has 0 saturated carbocycles.